The Balaban J connectivity index is 1.95. The summed E-state index contributed by atoms with van der Waals surface area (Å²) in [5, 5.41) is 0.762. The molecule has 0 radical (unpaired) electrons. The van der Waals surface area contributed by atoms with E-state index in [1.165, 1.54) is 12.4 Å². The summed E-state index contributed by atoms with van der Waals surface area (Å²) in [6, 6.07) is 16.1. The van der Waals surface area contributed by atoms with Crippen LogP contribution in [-0.2, 0) is 0 Å². The molecule has 116 valence electrons. The Morgan fingerprint density at radius 1 is 0.833 bits per heavy atom. The minimum atomic E-state index is -0.305. The molecule has 0 aliphatic rings. The van der Waals surface area contributed by atoms with E-state index < -0.39 is 0 Å². The Kier molecular flexibility index (Phi) is 3.39. The molecule has 0 unspecified atom stereocenters. The fourth-order valence-electron chi connectivity index (χ4n) is 2.75. The molecule has 0 saturated carbocycles. The van der Waals surface area contributed by atoms with E-state index in [0.29, 0.717) is 17.1 Å². The zero-order valence-electron chi connectivity index (χ0n) is 12.6. The van der Waals surface area contributed by atoms with Crippen LogP contribution in [0.1, 0.15) is 0 Å². The number of hydrogen-bond donors (Lipinski definition) is 1. The fourth-order valence-corrected chi connectivity index (χ4v) is 2.75. The van der Waals surface area contributed by atoms with E-state index in [-0.39, 0.29) is 5.82 Å². The highest BCUT2D eigenvalue weighted by molar-refractivity contribution is 5.93. The number of benzene rings is 2. The monoisotopic (exact) mass is 316 g/mol. The molecule has 4 aromatic rings. The van der Waals surface area contributed by atoms with Gasteiger partial charge in [0.25, 0.3) is 0 Å². The van der Waals surface area contributed by atoms with Gasteiger partial charge in [0.05, 0.1) is 11.2 Å². The minimum absolute atomic E-state index is 0.305. The largest absolute Gasteiger partial charge is 0.383 e. The summed E-state index contributed by atoms with van der Waals surface area (Å²) in [7, 11) is 0. The van der Waals surface area contributed by atoms with E-state index in [0.717, 1.165) is 22.0 Å². The van der Waals surface area contributed by atoms with Gasteiger partial charge in [0.1, 0.15) is 18.0 Å². The lowest BCUT2D eigenvalue weighted by Crippen LogP contribution is -1.95. The maximum atomic E-state index is 14.2. The molecule has 0 bridgehead atoms. The summed E-state index contributed by atoms with van der Waals surface area (Å²) in [5.41, 5.74) is 9.48. The Bertz CT molecular complexity index is 1050. The zero-order valence-corrected chi connectivity index (χ0v) is 12.6. The van der Waals surface area contributed by atoms with Gasteiger partial charge in [-0.2, -0.15) is 0 Å². The van der Waals surface area contributed by atoms with Crippen molar-refractivity contribution in [1.29, 1.82) is 0 Å². The molecule has 0 saturated heterocycles. The lowest BCUT2D eigenvalue weighted by Gasteiger charge is -2.11. The number of rotatable bonds is 2. The third-order valence-corrected chi connectivity index (χ3v) is 3.91. The summed E-state index contributed by atoms with van der Waals surface area (Å²) in [6.07, 6.45) is 3.09. The van der Waals surface area contributed by atoms with Crippen LogP contribution >= 0.6 is 0 Å². The molecular weight excluding hydrogens is 303 g/mol. The van der Waals surface area contributed by atoms with E-state index in [2.05, 4.69) is 15.0 Å². The summed E-state index contributed by atoms with van der Waals surface area (Å²) in [5.74, 6) is 0.110. The van der Waals surface area contributed by atoms with Crippen molar-refractivity contribution in [3.63, 3.8) is 0 Å². The van der Waals surface area contributed by atoms with Gasteiger partial charge in [-0.25, -0.2) is 14.4 Å². The zero-order chi connectivity index (χ0) is 16.5. The second kappa shape index (κ2) is 5.70. The van der Waals surface area contributed by atoms with Crippen LogP contribution < -0.4 is 5.73 Å². The highest BCUT2D eigenvalue weighted by Gasteiger charge is 2.13. The number of hydrogen-bond acceptors (Lipinski definition) is 4. The van der Waals surface area contributed by atoms with E-state index in [1.807, 2.05) is 30.3 Å². The van der Waals surface area contributed by atoms with Crippen molar-refractivity contribution in [2.24, 2.45) is 0 Å². The van der Waals surface area contributed by atoms with Crippen LogP contribution in [0.4, 0.5) is 10.2 Å². The Morgan fingerprint density at radius 3 is 2.54 bits per heavy atom. The maximum Gasteiger partial charge on any atom is 0.134 e. The van der Waals surface area contributed by atoms with Crippen molar-refractivity contribution < 1.29 is 4.39 Å². The summed E-state index contributed by atoms with van der Waals surface area (Å²) in [4.78, 5) is 12.6. The first-order chi connectivity index (χ1) is 11.7. The lowest BCUT2D eigenvalue weighted by atomic mass is 9.98. The number of anilines is 1. The van der Waals surface area contributed by atoms with Gasteiger partial charge >= 0.3 is 0 Å². The Hall–Kier alpha value is -3.34. The average Bonchev–Trinajstić information content (AvgIpc) is 2.62. The molecule has 0 fully saturated rings. The van der Waals surface area contributed by atoms with Crippen molar-refractivity contribution in [1.82, 2.24) is 15.0 Å². The van der Waals surface area contributed by atoms with Gasteiger partial charge in [0.15, 0.2) is 0 Å². The molecule has 0 aliphatic carbocycles. The molecule has 0 spiro atoms. The first-order valence-corrected chi connectivity index (χ1v) is 7.44. The van der Waals surface area contributed by atoms with Gasteiger partial charge < -0.3 is 5.73 Å². The van der Waals surface area contributed by atoms with Crippen molar-refractivity contribution >= 4 is 16.7 Å². The Labute approximate surface area is 137 Å². The number of aromatic nitrogens is 3. The van der Waals surface area contributed by atoms with Crippen LogP contribution in [0.5, 0.6) is 0 Å². The molecular formula is C19H13FN4. The second-order valence-corrected chi connectivity index (χ2v) is 5.37. The quantitative estimate of drug-likeness (QED) is 0.605. The smallest absolute Gasteiger partial charge is 0.134 e. The summed E-state index contributed by atoms with van der Waals surface area (Å²) in [6.45, 7) is 0. The van der Waals surface area contributed by atoms with Crippen molar-refractivity contribution in [3.8, 4) is 22.4 Å². The van der Waals surface area contributed by atoms with E-state index in [9.17, 15) is 4.39 Å². The first-order valence-electron chi connectivity index (χ1n) is 7.44. The molecule has 4 nitrogen and oxygen atoms in total. The highest BCUT2D eigenvalue weighted by atomic mass is 19.1. The number of nitrogens with two attached hydrogens (primary N) is 1. The van der Waals surface area contributed by atoms with Gasteiger partial charge in [-0.05, 0) is 35.9 Å². The molecule has 2 aromatic heterocycles. The molecule has 0 atom stereocenters. The van der Waals surface area contributed by atoms with Gasteiger partial charge in [-0.1, -0.05) is 24.3 Å². The number of halogens is 1. The third-order valence-electron chi connectivity index (χ3n) is 3.91. The van der Waals surface area contributed by atoms with Crippen LogP contribution in [-0.4, -0.2) is 15.0 Å². The molecule has 0 aliphatic heterocycles. The number of nitrogen functional groups attached to an aromatic ring is 1. The molecule has 5 heteroatoms. The lowest BCUT2D eigenvalue weighted by molar-refractivity contribution is 0.631. The fraction of sp³-hybridized carbons (Fsp3) is 0. The van der Waals surface area contributed by atoms with Gasteiger partial charge in [-0.15, -0.1) is 0 Å². The third kappa shape index (κ3) is 2.36. The van der Waals surface area contributed by atoms with Crippen LogP contribution in [0.2, 0.25) is 0 Å². The van der Waals surface area contributed by atoms with Crippen molar-refractivity contribution in [3.05, 3.63) is 72.9 Å². The summed E-state index contributed by atoms with van der Waals surface area (Å²) < 4.78 is 14.2. The molecule has 4 rings (SSSR count). The highest BCUT2D eigenvalue weighted by Crippen LogP contribution is 2.33. The van der Waals surface area contributed by atoms with Crippen molar-refractivity contribution in [2.45, 2.75) is 0 Å². The predicted octanol–water partition coefficient (Wildman–Crippen LogP) is 4.08. The van der Waals surface area contributed by atoms with Gasteiger partial charge in [0, 0.05) is 22.7 Å². The van der Waals surface area contributed by atoms with Crippen LogP contribution in [0, 0.1) is 5.82 Å². The summed E-state index contributed by atoms with van der Waals surface area (Å²) >= 11 is 0. The maximum absolute atomic E-state index is 14.2. The number of nitrogens with zero attached hydrogens (tertiary/aromatic N) is 3. The van der Waals surface area contributed by atoms with Crippen LogP contribution in [0.25, 0.3) is 33.3 Å². The Morgan fingerprint density at radius 2 is 1.67 bits per heavy atom. The molecule has 24 heavy (non-hydrogen) atoms. The second-order valence-electron chi connectivity index (χ2n) is 5.37. The average molecular weight is 316 g/mol. The van der Waals surface area contributed by atoms with Gasteiger partial charge in [0.2, 0.25) is 0 Å². The molecule has 2 N–H and O–H groups in total. The van der Waals surface area contributed by atoms with Crippen LogP contribution in [0.3, 0.4) is 0 Å². The topological polar surface area (TPSA) is 64.7 Å². The van der Waals surface area contributed by atoms with E-state index in [4.69, 9.17) is 5.73 Å². The van der Waals surface area contributed by atoms with Crippen molar-refractivity contribution in [2.75, 3.05) is 5.73 Å². The van der Waals surface area contributed by atoms with E-state index >= 15 is 0 Å². The predicted molar refractivity (Wildman–Crippen MR) is 92.6 cm³/mol. The van der Waals surface area contributed by atoms with Crippen LogP contribution in [0.15, 0.2) is 67.1 Å². The minimum Gasteiger partial charge on any atom is -0.383 e. The number of fused-ring (bicyclic) bond motifs is 1. The van der Waals surface area contributed by atoms with E-state index in [1.54, 1.807) is 24.4 Å². The van der Waals surface area contributed by atoms with Gasteiger partial charge in [-0.3, -0.25) is 4.98 Å². The number of pyridine rings is 1. The molecule has 2 aromatic carbocycles. The normalized spacial score (nSPS) is 10.9. The molecule has 0 amide bonds. The first kappa shape index (κ1) is 14.3. The SMILES string of the molecule is Nc1ncnc2ccc(-c3cccnc3-c3ccccc3F)cc12. The molecule has 2 heterocycles. The standard InChI is InChI=1S/C19H13FN4/c20-16-6-2-1-4-14(16)18-13(5-3-9-22-18)12-7-8-17-15(10-12)19(21)24-11-23-17/h1-11H,(H2,21,23,24).